The van der Waals surface area contributed by atoms with Crippen molar-refractivity contribution in [3.05, 3.63) is 38.9 Å². The molecule has 0 amide bonds. The molecule has 5 heteroatoms. The third kappa shape index (κ3) is 3.31. The first-order valence-electron chi connectivity index (χ1n) is 4.99. The summed E-state index contributed by atoms with van der Waals surface area (Å²) in [5.41, 5.74) is 0.338. The molecular weight excluding hydrogens is 230 g/mol. The Morgan fingerprint density at radius 3 is 2.75 bits per heavy atom. The van der Waals surface area contributed by atoms with Crippen molar-refractivity contribution in [2.75, 3.05) is 0 Å². The van der Waals surface area contributed by atoms with Gasteiger partial charge in [0.2, 0.25) is 0 Å². The van der Waals surface area contributed by atoms with E-state index in [9.17, 15) is 14.9 Å². The molecule has 1 aromatic rings. The monoisotopic (exact) mass is 241 g/mol. The molecule has 0 fully saturated rings. The lowest BCUT2D eigenvalue weighted by Gasteiger charge is -2.02. The molecule has 0 aromatic heterocycles. The Morgan fingerprint density at radius 1 is 1.50 bits per heavy atom. The van der Waals surface area contributed by atoms with Gasteiger partial charge in [-0.3, -0.25) is 14.9 Å². The molecule has 1 rings (SSSR count). The molecule has 0 heterocycles. The highest BCUT2D eigenvalue weighted by Crippen LogP contribution is 2.24. The fraction of sp³-hybridized carbons (Fsp3) is 0.364. The first kappa shape index (κ1) is 12.6. The molecule has 0 saturated heterocycles. The molecule has 0 radical (unpaired) electrons. The van der Waals surface area contributed by atoms with E-state index >= 15 is 0 Å². The van der Waals surface area contributed by atoms with Gasteiger partial charge in [0.25, 0.3) is 5.69 Å². The number of rotatable bonds is 5. The van der Waals surface area contributed by atoms with Crippen molar-refractivity contribution in [2.45, 2.75) is 26.2 Å². The summed E-state index contributed by atoms with van der Waals surface area (Å²) in [4.78, 5) is 21.7. The lowest BCUT2D eigenvalue weighted by molar-refractivity contribution is -0.385. The smallest absolute Gasteiger partial charge is 0.274 e. The molecule has 0 aliphatic heterocycles. The van der Waals surface area contributed by atoms with E-state index in [2.05, 4.69) is 0 Å². The van der Waals surface area contributed by atoms with E-state index in [1.54, 1.807) is 6.07 Å². The van der Waals surface area contributed by atoms with Crippen molar-refractivity contribution >= 4 is 23.1 Å². The van der Waals surface area contributed by atoms with Crippen molar-refractivity contribution in [3.8, 4) is 0 Å². The lowest BCUT2D eigenvalue weighted by Crippen LogP contribution is -2.04. The molecule has 1 aromatic carbocycles. The van der Waals surface area contributed by atoms with E-state index in [0.29, 0.717) is 17.0 Å². The standard InChI is InChI=1S/C11H12ClNO3/c1-2-3-10(14)6-8-4-5-9(12)7-11(8)13(15)16/h4-5,7H,2-3,6H2,1H3. The van der Waals surface area contributed by atoms with Crippen LogP contribution in [0.1, 0.15) is 25.3 Å². The molecule has 0 bridgehead atoms. The van der Waals surface area contributed by atoms with Gasteiger partial charge in [0.1, 0.15) is 5.78 Å². The zero-order chi connectivity index (χ0) is 12.1. The lowest BCUT2D eigenvalue weighted by atomic mass is 10.0. The number of benzene rings is 1. The molecule has 0 N–H and O–H groups in total. The highest BCUT2D eigenvalue weighted by atomic mass is 35.5. The second kappa shape index (κ2) is 5.61. The van der Waals surface area contributed by atoms with Crippen LogP contribution >= 0.6 is 11.6 Å². The summed E-state index contributed by atoms with van der Waals surface area (Å²) in [6.45, 7) is 1.90. The highest BCUT2D eigenvalue weighted by Gasteiger charge is 2.16. The quantitative estimate of drug-likeness (QED) is 0.588. The van der Waals surface area contributed by atoms with Crippen LogP contribution in [0.25, 0.3) is 0 Å². The summed E-state index contributed by atoms with van der Waals surface area (Å²) in [5, 5.41) is 11.1. The van der Waals surface area contributed by atoms with Gasteiger partial charge in [0.15, 0.2) is 0 Å². The zero-order valence-corrected chi connectivity index (χ0v) is 9.66. The number of carbonyl (C=O) groups is 1. The normalized spacial score (nSPS) is 10.1. The van der Waals surface area contributed by atoms with E-state index < -0.39 is 4.92 Å². The zero-order valence-electron chi connectivity index (χ0n) is 8.90. The molecule has 16 heavy (non-hydrogen) atoms. The van der Waals surface area contributed by atoms with E-state index in [-0.39, 0.29) is 17.9 Å². The maximum absolute atomic E-state index is 11.4. The summed E-state index contributed by atoms with van der Waals surface area (Å²) >= 11 is 5.67. The van der Waals surface area contributed by atoms with Gasteiger partial charge < -0.3 is 0 Å². The minimum atomic E-state index is -0.513. The molecule has 0 atom stereocenters. The fourth-order valence-corrected chi connectivity index (χ4v) is 1.60. The molecule has 4 nitrogen and oxygen atoms in total. The third-order valence-corrected chi connectivity index (χ3v) is 2.40. The molecule has 0 unspecified atom stereocenters. The largest absolute Gasteiger partial charge is 0.299 e. The number of nitro groups is 1. The first-order valence-corrected chi connectivity index (χ1v) is 5.37. The number of nitro benzene ring substituents is 1. The first-order chi connectivity index (χ1) is 7.54. The highest BCUT2D eigenvalue weighted by molar-refractivity contribution is 6.30. The van der Waals surface area contributed by atoms with Crippen molar-refractivity contribution in [2.24, 2.45) is 0 Å². The predicted molar refractivity (Wildman–Crippen MR) is 61.7 cm³/mol. The van der Waals surface area contributed by atoms with Gasteiger partial charge >= 0.3 is 0 Å². The van der Waals surface area contributed by atoms with Gasteiger partial charge in [-0.15, -0.1) is 0 Å². The van der Waals surface area contributed by atoms with Crippen LogP contribution in [-0.2, 0) is 11.2 Å². The Morgan fingerprint density at radius 2 is 2.19 bits per heavy atom. The number of nitrogens with zero attached hydrogens (tertiary/aromatic N) is 1. The van der Waals surface area contributed by atoms with Crippen LogP contribution in [-0.4, -0.2) is 10.7 Å². The Hall–Kier alpha value is -1.42. The minimum Gasteiger partial charge on any atom is -0.299 e. The average Bonchev–Trinajstić information content (AvgIpc) is 2.20. The van der Waals surface area contributed by atoms with Crippen molar-refractivity contribution in [1.82, 2.24) is 0 Å². The van der Waals surface area contributed by atoms with E-state index in [4.69, 9.17) is 11.6 Å². The van der Waals surface area contributed by atoms with Gasteiger partial charge in [0, 0.05) is 29.5 Å². The number of hydrogen-bond acceptors (Lipinski definition) is 3. The summed E-state index contributed by atoms with van der Waals surface area (Å²) in [5.74, 6) is 0.00734. The van der Waals surface area contributed by atoms with Gasteiger partial charge in [-0.25, -0.2) is 0 Å². The molecular formula is C11H12ClNO3. The number of Topliss-reactive ketones (excluding diaryl/α,β-unsaturated/α-hetero) is 1. The fourth-order valence-electron chi connectivity index (χ4n) is 1.44. The van der Waals surface area contributed by atoms with Crippen LogP contribution in [0.5, 0.6) is 0 Å². The van der Waals surface area contributed by atoms with Gasteiger partial charge in [-0.1, -0.05) is 24.6 Å². The van der Waals surface area contributed by atoms with Crippen LogP contribution in [0.2, 0.25) is 5.02 Å². The number of ketones is 1. The second-order valence-electron chi connectivity index (χ2n) is 3.50. The van der Waals surface area contributed by atoms with E-state index in [1.807, 2.05) is 6.92 Å². The van der Waals surface area contributed by atoms with Crippen molar-refractivity contribution in [3.63, 3.8) is 0 Å². The SMILES string of the molecule is CCCC(=O)Cc1ccc(Cl)cc1[N+](=O)[O-]. The molecule has 0 spiro atoms. The van der Waals surface area contributed by atoms with Crippen molar-refractivity contribution < 1.29 is 9.72 Å². The topological polar surface area (TPSA) is 60.2 Å². The van der Waals surface area contributed by atoms with Crippen LogP contribution < -0.4 is 0 Å². The Bertz CT molecular complexity index is 418. The van der Waals surface area contributed by atoms with Gasteiger partial charge in [-0.05, 0) is 12.5 Å². The van der Waals surface area contributed by atoms with Crippen molar-refractivity contribution in [1.29, 1.82) is 0 Å². The molecule has 0 aliphatic rings. The number of halogens is 1. The molecule has 0 saturated carbocycles. The van der Waals surface area contributed by atoms with Crippen LogP contribution in [0.4, 0.5) is 5.69 Å². The Kier molecular flexibility index (Phi) is 4.43. The van der Waals surface area contributed by atoms with Gasteiger partial charge in [-0.2, -0.15) is 0 Å². The maximum Gasteiger partial charge on any atom is 0.274 e. The van der Waals surface area contributed by atoms with Crippen LogP contribution in [0, 0.1) is 10.1 Å². The Balaban J connectivity index is 2.95. The average molecular weight is 242 g/mol. The van der Waals surface area contributed by atoms with E-state index in [0.717, 1.165) is 6.42 Å². The molecule has 0 aliphatic carbocycles. The maximum atomic E-state index is 11.4. The number of hydrogen-bond donors (Lipinski definition) is 0. The van der Waals surface area contributed by atoms with Crippen LogP contribution in [0.3, 0.4) is 0 Å². The summed E-state index contributed by atoms with van der Waals surface area (Å²) in [7, 11) is 0. The predicted octanol–water partition coefficient (Wildman–Crippen LogP) is 3.16. The summed E-state index contributed by atoms with van der Waals surface area (Å²) in [6.07, 6.45) is 1.29. The number of carbonyl (C=O) groups excluding carboxylic acids is 1. The van der Waals surface area contributed by atoms with E-state index in [1.165, 1.54) is 12.1 Å². The molecule has 86 valence electrons. The van der Waals surface area contributed by atoms with Crippen LogP contribution in [0.15, 0.2) is 18.2 Å². The minimum absolute atomic E-state index is 0.00734. The summed E-state index contributed by atoms with van der Waals surface area (Å²) in [6, 6.07) is 4.37. The van der Waals surface area contributed by atoms with Gasteiger partial charge in [0.05, 0.1) is 4.92 Å². The Labute approximate surface area is 98.4 Å². The third-order valence-electron chi connectivity index (χ3n) is 2.16. The second-order valence-corrected chi connectivity index (χ2v) is 3.93. The summed E-state index contributed by atoms with van der Waals surface area (Å²) < 4.78 is 0.